The summed E-state index contributed by atoms with van der Waals surface area (Å²) in [6.45, 7) is 2.33. The third kappa shape index (κ3) is 3.03. The van der Waals surface area contributed by atoms with Crippen molar-refractivity contribution in [1.82, 2.24) is 9.88 Å². The van der Waals surface area contributed by atoms with Crippen molar-refractivity contribution in [3.8, 4) is 0 Å². The van der Waals surface area contributed by atoms with Crippen LogP contribution in [0, 0.1) is 0 Å². The molecule has 1 aromatic rings. The van der Waals surface area contributed by atoms with Gasteiger partial charge in [0.1, 0.15) is 0 Å². The minimum Gasteiger partial charge on any atom is -0.395 e. The Morgan fingerprint density at radius 2 is 2.06 bits per heavy atom. The Hall–Kier alpha value is -0.930. The summed E-state index contributed by atoms with van der Waals surface area (Å²) >= 11 is 0. The van der Waals surface area contributed by atoms with Gasteiger partial charge in [-0.25, -0.2) is 0 Å². The average molecular weight is 220 g/mol. The molecule has 0 aromatic carbocycles. The Morgan fingerprint density at radius 3 is 2.81 bits per heavy atom. The van der Waals surface area contributed by atoms with Gasteiger partial charge in [-0.3, -0.25) is 9.88 Å². The Bertz CT molecular complexity index is 302. The summed E-state index contributed by atoms with van der Waals surface area (Å²) in [6, 6.07) is 4.45. The molecule has 3 nitrogen and oxygen atoms in total. The molecule has 1 aromatic heterocycles. The van der Waals surface area contributed by atoms with E-state index in [1.54, 1.807) is 0 Å². The zero-order valence-electron chi connectivity index (χ0n) is 9.68. The third-order valence-corrected chi connectivity index (χ3v) is 3.34. The Kier molecular flexibility index (Phi) is 4.31. The van der Waals surface area contributed by atoms with E-state index in [9.17, 15) is 5.11 Å². The topological polar surface area (TPSA) is 36.4 Å². The zero-order valence-corrected chi connectivity index (χ0v) is 9.68. The molecule has 2 rings (SSSR count). The number of pyridine rings is 1. The summed E-state index contributed by atoms with van der Waals surface area (Å²) in [5, 5.41) is 9.41. The quantitative estimate of drug-likeness (QED) is 0.844. The van der Waals surface area contributed by atoms with E-state index < -0.39 is 0 Å². The minimum atomic E-state index is 0.283. The van der Waals surface area contributed by atoms with Crippen LogP contribution in [0.3, 0.4) is 0 Å². The first-order valence-electron chi connectivity index (χ1n) is 6.14. The van der Waals surface area contributed by atoms with Crippen LogP contribution < -0.4 is 0 Å². The predicted octanol–water partition coefficient (Wildman–Crippen LogP) is 1.82. The van der Waals surface area contributed by atoms with Crippen molar-refractivity contribution >= 4 is 0 Å². The normalized spacial score (nSPS) is 22.9. The first-order chi connectivity index (χ1) is 7.90. The van der Waals surface area contributed by atoms with E-state index in [2.05, 4.69) is 22.0 Å². The van der Waals surface area contributed by atoms with Gasteiger partial charge in [0, 0.05) is 25.0 Å². The smallest absolute Gasteiger partial charge is 0.0586 e. The lowest BCUT2D eigenvalue weighted by atomic mass is 10.1. The third-order valence-electron chi connectivity index (χ3n) is 3.34. The van der Waals surface area contributed by atoms with Crippen LogP contribution in [0.4, 0.5) is 0 Å². The van der Waals surface area contributed by atoms with E-state index >= 15 is 0 Å². The van der Waals surface area contributed by atoms with Gasteiger partial charge in [-0.05, 0) is 37.1 Å². The van der Waals surface area contributed by atoms with Gasteiger partial charge in [0.2, 0.25) is 0 Å². The van der Waals surface area contributed by atoms with Gasteiger partial charge in [0.05, 0.1) is 6.61 Å². The number of hydrogen-bond donors (Lipinski definition) is 1. The van der Waals surface area contributed by atoms with E-state index in [4.69, 9.17) is 0 Å². The maximum absolute atomic E-state index is 9.41. The Balaban J connectivity index is 2.00. The van der Waals surface area contributed by atoms with Gasteiger partial charge in [-0.15, -0.1) is 0 Å². The lowest BCUT2D eigenvalue weighted by molar-refractivity contribution is 0.118. The molecule has 0 aliphatic carbocycles. The monoisotopic (exact) mass is 220 g/mol. The minimum absolute atomic E-state index is 0.283. The van der Waals surface area contributed by atoms with Crippen molar-refractivity contribution in [2.24, 2.45) is 0 Å². The molecule has 88 valence electrons. The van der Waals surface area contributed by atoms with Gasteiger partial charge in [0.15, 0.2) is 0 Å². The highest BCUT2D eigenvalue weighted by atomic mass is 16.3. The zero-order chi connectivity index (χ0) is 11.2. The molecular weight excluding hydrogens is 200 g/mol. The number of aliphatic hydroxyl groups is 1. The van der Waals surface area contributed by atoms with Crippen LogP contribution in [0.25, 0.3) is 0 Å². The summed E-state index contributed by atoms with van der Waals surface area (Å²) in [4.78, 5) is 6.43. The Labute approximate surface area is 97.1 Å². The fourth-order valence-corrected chi connectivity index (χ4v) is 2.37. The molecule has 1 atom stereocenters. The van der Waals surface area contributed by atoms with Gasteiger partial charge < -0.3 is 5.11 Å². The summed E-state index contributed by atoms with van der Waals surface area (Å²) < 4.78 is 0. The maximum Gasteiger partial charge on any atom is 0.0586 e. The second kappa shape index (κ2) is 5.97. The number of aliphatic hydroxyl groups excluding tert-OH is 1. The fourth-order valence-electron chi connectivity index (χ4n) is 2.37. The summed E-state index contributed by atoms with van der Waals surface area (Å²) in [5.41, 5.74) is 1.29. The second-order valence-electron chi connectivity index (χ2n) is 4.51. The van der Waals surface area contributed by atoms with Crippen molar-refractivity contribution in [3.63, 3.8) is 0 Å². The highest BCUT2D eigenvalue weighted by Crippen LogP contribution is 2.18. The molecule has 1 unspecified atom stereocenters. The van der Waals surface area contributed by atoms with E-state index in [1.165, 1.54) is 24.8 Å². The molecule has 1 aliphatic heterocycles. The summed E-state index contributed by atoms with van der Waals surface area (Å²) in [7, 11) is 0. The number of aromatic nitrogens is 1. The fraction of sp³-hybridized carbons (Fsp3) is 0.615. The second-order valence-corrected chi connectivity index (χ2v) is 4.51. The molecule has 0 bridgehead atoms. The maximum atomic E-state index is 9.41. The van der Waals surface area contributed by atoms with Crippen LogP contribution >= 0.6 is 0 Å². The lowest BCUT2D eigenvalue weighted by Crippen LogP contribution is -2.36. The highest BCUT2D eigenvalue weighted by molar-refractivity contribution is 5.09. The molecule has 0 radical (unpaired) electrons. The molecule has 1 aliphatic rings. The van der Waals surface area contributed by atoms with Gasteiger partial charge in [-0.2, -0.15) is 0 Å². The van der Waals surface area contributed by atoms with Crippen molar-refractivity contribution in [1.29, 1.82) is 0 Å². The average Bonchev–Trinajstić information content (AvgIpc) is 2.55. The standard InChI is InChI=1S/C13H20N2O/c16-11-13-4-2-1-3-9-15(13)10-12-5-7-14-8-6-12/h5-8,13,16H,1-4,9-11H2. The molecule has 0 amide bonds. The summed E-state index contributed by atoms with van der Waals surface area (Å²) in [6.07, 6.45) is 8.59. The van der Waals surface area contributed by atoms with Gasteiger partial charge in [0.25, 0.3) is 0 Å². The van der Waals surface area contributed by atoms with Crippen molar-refractivity contribution in [3.05, 3.63) is 30.1 Å². The van der Waals surface area contributed by atoms with Crippen LogP contribution in [0.5, 0.6) is 0 Å². The number of hydrogen-bond acceptors (Lipinski definition) is 3. The van der Waals surface area contributed by atoms with Crippen molar-refractivity contribution in [2.45, 2.75) is 38.3 Å². The van der Waals surface area contributed by atoms with Crippen LogP contribution in [-0.2, 0) is 6.54 Å². The molecule has 0 spiro atoms. The van der Waals surface area contributed by atoms with Crippen molar-refractivity contribution < 1.29 is 5.11 Å². The number of rotatable bonds is 3. The van der Waals surface area contributed by atoms with E-state index in [1.807, 2.05) is 12.4 Å². The molecular formula is C13H20N2O. The lowest BCUT2D eigenvalue weighted by Gasteiger charge is -2.28. The van der Waals surface area contributed by atoms with Crippen LogP contribution in [0.1, 0.15) is 31.2 Å². The molecule has 1 fully saturated rings. The highest BCUT2D eigenvalue weighted by Gasteiger charge is 2.19. The van der Waals surface area contributed by atoms with E-state index in [0.717, 1.165) is 19.5 Å². The number of nitrogens with zero attached hydrogens (tertiary/aromatic N) is 2. The molecule has 16 heavy (non-hydrogen) atoms. The van der Waals surface area contributed by atoms with Crippen LogP contribution in [0.15, 0.2) is 24.5 Å². The summed E-state index contributed by atoms with van der Waals surface area (Å²) in [5.74, 6) is 0. The predicted molar refractivity (Wildman–Crippen MR) is 64.0 cm³/mol. The molecule has 2 heterocycles. The van der Waals surface area contributed by atoms with Gasteiger partial charge >= 0.3 is 0 Å². The molecule has 0 saturated carbocycles. The van der Waals surface area contributed by atoms with E-state index in [0.29, 0.717) is 6.04 Å². The van der Waals surface area contributed by atoms with Crippen LogP contribution in [-0.4, -0.2) is 34.2 Å². The first kappa shape index (κ1) is 11.6. The molecule has 3 heteroatoms. The van der Waals surface area contributed by atoms with Gasteiger partial charge in [-0.1, -0.05) is 12.8 Å². The first-order valence-corrected chi connectivity index (χ1v) is 6.14. The largest absolute Gasteiger partial charge is 0.395 e. The SMILES string of the molecule is OCC1CCCCCN1Cc1ccncc1. The molecule has 1 N–H and O–H groups in total. The molecule has 1 saturated heterocycles. The number of likely N-dealkylation sites (tertiary alicyclic amines) is 1. The Morgan fingerprint density at radius 1 is 1.25 bits per heavy atom. The van der Waals surface area contributed by atoms with Crippen LogP contribution in [0.2, 0.25) is 0 Å². The van der Waals surface area contributed by atoms with Crippen molar-refractivity contribution in [2.75, 3.05) is 13.2 Å². The van der Waals surface area contributed by atoms with E-state index in [-0.39, 0.29) is 6.61 Å².